The highest BCUT2D eigenvalue weighted by molar-refractivity contribution is 7.99. The lowest BCUT2D eigenvalue weighted by Crippen LogP contribution is -2.00. The van der Waals surface area contributed by atoms with E-state index in [4.69, 9.17) is 5.11 Å². The van der Waals surface area contributed by atoms with Crippen LogP contribution in [0.25, 0.3) is 0 Å². The van der Waals surface area contributed by atoms with Gasteiger partial charge in [-0.25, -0.2) is 14.1 Å². The van der Waals surface area contributed by atoms with Gasteiger partial charge < -0.3 is 5.11 Å². The summed E-state index contributed by atoms with van der Waals surface area (Å²) in [5.74, 6) is -0.721. The van der Waals surface area contributed by atoms with Crippen molar-refractivity contribution in [3.63, 3.8) is 0 Å². The van der Waals surface area contributed by atoms with Crippen LogP contribution >= 0.6 is 11.8 Å². The lowest BCUT2D eigenvalue weighted by molar-refractivity contribution is -0.133. The summed E-state index contributed by atoms with van der Waals surface area (Å²) in [6.07, 6.45) is 0.416. The molecule has 0 radical (unpaired) electrons. The van der Waals surface area contributed by atoms with Crippen molar-refractivity contribution < 1.29 is 14.3 Å². The summed E-state index contributed by atoms with van der Waals surface area (Å²) >= 11 is 1.11. The molecule has 0 saturated heterocycles. The lowest BCUT2D eigenvalue weighted by atomic mass is 10.1. The largest absolute Gasteiger partial charge is 0.481 e. The summed E-state index contributed by atoms with van der Waals surface area (Å²) in [7, 11) is 1.70. The first kappa shape index (κ1) is 13.5. The summed E-state index contributed by atoms with van der Waals surface area (Å²) in [5.41, 5.74) is 0.778. The van der Waals surface area contributed by atoms with Crippen molar-refractivity contribution in [3.05, 3.63) is 41.5 Å². The molecule has 1 aromatic carbocycles. The first-order valence-corrected chi connectivity index (χ1v) is 6.52. The highest BCUT2D eigenvalue weighted by Gasteiger charge is 2.10. The molecule has 0 amide bonds. The van der Waals surface area contributed by atoms with Crippen molar-refractivity contribution in [3.8, 4) is 0 Å². The second-order valence-corrected chi connectivity index (χ2v) is 4.87. The SMILES string of the molecule is Cn1nc(Cc2cccc(F)c2)nc1SCC(=O)O. The number of thioether (sulfide) groups is 1. The average molecular weight is 281 g/mol. The molecule has 1 aromatic heterocycles. The van der Waals surface area contributed by atoms with E-state index in [1.54, 1.807) is 19.2 Å². The van der Waals surface area contributed by atoms with Crippen LogP contribution in [0, 0.1) is 5.82 Å². The Bertz CT molecular complexity index is 600. The monoisotopic (exact) mass is 281 g/mol. The minimum absolute atomic E-state index is 0.0636. The number of halogens is 1. The van der Waals surface area contributed by atoms with Crippen LogP contribution in [0.3, 0.4) is 0 Å². The number of carbonyl (C=O) groups is 1. The van der Waals surface area contributed by atoms with Gasteiger partial charge in [-0.15, -0.1) is 0 Å². The van der Waals surface area contributed by atoms with Crippen molar-refractivity contribution in [2.45, 2.75) is 11.6 Å². The van der Waals surface area contributed by atoms with Crippen LogP contribution in [-0.4, -0.2) is 31.6 Å². The number of aliphatic carboxylic acids is 1. The Labute approximate surface area is 113 Å². The minimum atomic E-state index is -0.903. The molecular weight excluding hydrogens is 269 g/mol. The van der Waals surface area contributed by atoms with E-state index in [1.165, 1.54) is 16.8 Å². The molecule has 0 spiro atoms. The highest BCUT2D eigenvalue weighted by atomic mass is 32.2. The molecule has 0 atom stereocenters. The van der Waals surface area contributed by atoms with Crippen molar-refractivity contribution >= 4 is 17.7 Å². The van der Waals surface area contributed by atoms with E-state index in [0.717, 1.165) is 17.3 Å². The van der Waals surface area contributed by atoms with Crippen LogP contribution in [0.15, 0.2) is 29.4 Å². The van der Waals surface area contributed by atoms with Crippen LogP contribution in [0.1, 0.15) is 11.4 Å². The van der Waals surface area contributed by atoms with E-state index in [2.05, 4.69) is 10.1 Å². The second kappa shape index (κ2) is 5.83. The van der Waals surface area contributed by atoms with Gasteiger partial charge in [-0.3, -0.25) is 4.79 Å². The zero-order valence-corrected chi connectivity index (χ0v) is 11.0. The molecule has 0 unspecified atom stereocenters. The molecule has 2 aromatic rings. The smallest absolute Gasteiger partial charge is 0.313 e. The van der Waals surface area contributed by atoms with Crippen LogP contribution in [0.5, 0.6) is 0 Å². The summed E-state index contributed by atoms with van der Waals surface area (Å²) in [6, 6.07) is 6.24. The zero-order chi connectivity index (χ0) is 13.8. The Morgan fingerprint density at radius 1 is 1.53 bits per heavy atom. The van der Waals surface area contributed by atoms with Gasteiger partial charge in [0.25, 0.3) is 0 Å². The van der Waals surface area contributed by atoms with Crippen molar-refractivity contribution in [2.75, 3.05) is 5.75 Å². The Morgan fingerprint density at radius 2 is 2.32 bits per heavy atom. The number of nitrogens with zero attached hydrogens (tertiary/aromatic N) is 3. The molecule has 2 rings (SSSR count). The number of aromatic nitrogens is 3. The Morgan fingerprint density at radius 3 is 3.00 bits per heavy atom. The van der Waals surface area contributed by atoms with Crippen LogP contribution in [-0.2, 0) is 18.3 Å². The molecular formula is C12H12FN3O2S. The number of carboxylic acids is 1. The highest BCUT2D eigenvalue weighted by Crippen LogP contribution is 2.16. The summed E-state index contributed by atoms with van der Waals surface area (Å²) in [6.45, 7) is 0. The predicted molar refractivity (Wildman–Crippen MR) is 68.6 cm³/mol. The molecule has 7 heteroatoms. The molecule has 0 bridgehead atoms. The van der Waals surface area contributed by atoms with Gasteiger partial charge in [0.2, 0.25) is 0 Å². The molecule has 0 fully saturated rings. The van der Waals surface area contributed by atoms with Crippen molar-refractivity contribution in [2.24, 2.45) is 7.05 Å². The van der Waals surface area contributed by atoms with Gasteiger partial charge in [0.15, 0.2) is 11.0 Å². The van der Waals surface area contributed by atoms with Crippen molar-refractivity contribution in [1.29, 1.82) is 0 Å². The van der Waals surface area contributed by atoms with Gasteiger partial charge in [0.1, 0.15) is 5.82 Å². The van der Waals surface area contributed by atoms with Gasteiger partial charge in [0, 0.05) is 13.5 Å². The number of benzene rings is 1. The number of rotatable bonds is 5. The van der Waals surface area contributed by atoms with Crippen LogP contribution in [0.4, 0.5) is 4.39 Å². The van der Waals surface area contributed by atoms with Crippen LogP contribution in [0.2, 0.25) is 0 Å². The summed E-state index contributed by atoms with van der Waals surface area (Å²) < 4.78 is 14.6. The molecule has 0 aliphatic heterocycles. The third kappa shape index (κ3) is 3.78. The fraction of sp³-hybridized carbons (Fsp3) is 0.250. The topological polar surface area (TPSA) is 68.0 Å². The number of carboxylic acid groups (broad SMARTS) is 1. The Kier molecular flexibility index (Phi) is 4.16. The average Bonchev–Trinajstić information content (AvgIpc) is 2.67. The van der Waals surface area contributed by atoms with Crippen LogP contribution < -0.4 is 0 Å². The third-order valence-corrected chi connectivity index (χ3v) is 3.35. The third-order valence-electron chi connectivity index (χ3n) is 2.34. The predicted octanol–water partition coefficient (Wildman–Crippen LogP) is 1.72. The standard InChI is InChI=1S/C12H12FN3O2S/c1-16-12(19-7-11(17)18)14-10(15-16)6-8-3-2-4-9(13)5-8/h2-5H,6-7H2,1H3,(H,17,18). The fourth-order valence-corrected chi connectivity index (χ4v) is 2.23. The van der Waals surface area contributed by atoms with E-state index in [1.807, 2.05) is 0 Å². The zero-order valence-electron chi connectivity index (χ0n) is 10.2. The van der Waals surface area contributed by atoms with Crippen molar-refractivity contribution in [1.82, 2.24) is 14.8 Å². The molecule has 1 heterocycles. The lowest BCUT2D eigenvalue weighted by Gasteiger charge is -1.96. The normalized spacial score (nSPS) is 10.6. The van der Waals surface area contributed by atoms with Gasteiger partial charge in [-0.05, 0) is 17.7 Å². The minimum Gasteiger partial charge on any atom is -0.481 e. The number of aryl methyl sites for hydroxylation is 1. The molecule has 0 saturated carbocycles. The van der Waals surface area contributed by atoms with Gasteiger partial charge in [-0.1, -0.05) is 23.9 Å². The maximum Gasteiger partial charge on any atom is 0.313 e. The maximum atomic E-state index is 13.0. The Hall–Kier alpha value is -1.89. The molecule has 5 nitrogen and oxygen atoms in total. The number of hydrogen-bond donors (Lipinski definition) is 1. The second-order valence-electron chi connectivity index (χ2n) is 3.92. The summed E-state index contributed by atoms with van der Waals surface area (Å²) in [4.78, 5) is 14.7. The first-order chi connectivity index (χ1) is 9.04. The van der Waals surface area contributed by atoms with Gasteiger partial charge in [-0.2, -0.15) is 5.10 Å². The fourth-order valence-electron chi connectivity index (χ4n) is 1.58. The number of hydrogen-bond acceptors (Lipinski definition) is 4. The quantitative estimate of drug-likeness (QED) is 0.845. The molecule has 0 aliphatic rings. The van der Waals surface area contributed by atoms with E-state index < -0.39 is 5.97 Å². The molecule has 1 N–H and O–H groups in total. The van der Waals surface area contributed by atoms with E-state index in [9.17, 15) is 9.18 Å². The Balaban J connectivity index is 2.09. The molecule has 100 valence electrons. The summed E-state index contributed by atoms with van der Waals surface area (Å²) in [5, 5.41) is 13.3. The molecule has 0 aliphatic carbocycles. The van der Waals surface area contributed by atoms with E-state index in [-0.39, 0.29) is 11.6 Å². The van der Waals surface area contributed by atoms with E-state index >= 15 is 0 Å². The van der Waals surface area contributed by atoms with E-state index in [0.29, 0.717) is 17.4 Å². The molecule has 19 heavy (non-hydrogen) atoms. The first-order valence-electron chi connectivity index (χ1n) is 5.53. The van der Waals surface area contributed by atoms with Gasteiger partial charge in [0.05, 0.1) is 5.75 Å². The maximum absolute atomic E-state index is 13.0. The van der Waals surface area contributed by atoms with Gasteiger partial charge >= 0.3 is 5.97 Å².